The summed E-state index contributed by atoms with van der Waals surface area (Å²) >= 11 is 0. The number of nitrogens with zero attached hydrogens (tertiary/aromatic N) is 4. The number of hydrogen-bond donors (Lipinski definition) is 3. The van der Waals surface area contributed by atoms with Crippen LogP contribution in [0, 0.1) is 5.82 Å². The fourth-order valence-corrected chi connectivity index (χ4v) is 4.45. The predicted molar refractivity (Wildman–Crippen MR) is 144 cm³/mol. The number of fused-ring (bicyclic) bond motifs is 2. The van der Waals surface area contributed by atoms with Crippen molar-refractivity contribution in [2.75, 3.05) is 42.9 Å². The molecule has 3 heterocycles. The minimum Gasteiger partial charge on any atom is -0.497 e. The van der Waals surface area contributed by atoms with E-state index in [0.29, 0.717) is 66.3 Å². The Balaban J connectivity index is 1.36. The van der Waals surface area contributed by atoms with E-state index in [4.69, 9.17) is 14.2 Å². The maximum atomic E-state index is 14.4. The molecule has 2 amide bonds. The van der Waals surface area contributed by atoms with Crippen molar-refractivity contribution < 1.29 is 27.8 Å². The fourth-order valence-electron chi connectivity index (χ4n) is 4.45. The minimum absolute atomic E-state index is 0.290. The van der Waals surface area contributed by atoms with Gasteiger partial charge < -0.3 is 35.1 Å². The second kappa shape index (κ2) is 10.4. The molecule has 0 saturated heterocycles. The van der Waals surface area contributed by atoms with Crippen molar-refractivity contribution in [2.45, 2.75) is 25.2 Å². The van der Waals surface area contributed by atoms with Crippen molar-refractivity contribution in [3.63, 3.8) is 0 Å². The molecule has 2 aromatic carbocycles. The van der Waals surface area contributed by atoms with Crippen molar-refractivity contribution in [3.8, 4) is 17.2 Å². The van der Waals surface area contributed by atoms with Gasteiger partial charge in [0.15, 0.2) is 17.1 Å². The van der Waals surface area contributed by atoms with Crippen molar-refractivity contribution in [2.24, 2.45) is 0 Å². The summed E-state index contributed by atoms with van der Waals surface area (Å²) in [7, 11) is 3.50. The van der Waals surface area contributed by atoms with Gasteiger partial charge in [-0.05, 0) is 17.7 Å². The summed E-state index contributed by atoms with van der Waals surface area (Å²) in [6.07, 6.45) is 0.723. The molecule has 1 fully saturated rings. The molecule has 40 heavy (non-hydrogen) atoms. The second-order valence-corrected chi connectivity index (χ2v) is 9.56. The third-order valence-electron chi connectivity index (χ3n) is 6.57. The van der Waals surface area contributed by atoms with Gasteiger partial charge in [0.2, 0.25) is 0 Å². The number of ether oxygens (including phenoxy) is 3. The van der Waals surface area contributed by atoms with Crippen LogP contribution in [-0.4, -0.2) is 60.2 Å². The number of hydrogen-bond acceptors (Lipinski definition) is 8. The molecule has 3 N–H and O–H groups in total. The number of carbonyl (C=O) groups excluding carboxylic acids is 1. The molecule has 208 valence electrons. The Labute approximate surface area is 228 Å². The Kier molecular flexibility index (Phi) is 6.62. The quantitative estimate of drug-likeness (QED) is 0.298. The lowest BCUT2D eigenvalue weighted by molar-refractivity contribution is 0.172. The number of methoxy groups -OCH3 is 1. The van der Waals surface area contributed by atoms with Crippen LogP contribution in [0.4, 0.5) is 36.6 Å². The molecule has 0 bridgehead atoms. The number of aromatic nitrogens is 3. The maximum absolute atomic E-state index is 14.4. The first kappa shape index (κ1) is 25.5. The Bertz CT molecular complexity index is 1560. The van der Waals surface area contributed by atoms with E-state index in [1.54, 1.807) is 17.7 Å². The van der Waals surface area contributed by atoms with E-state index in [2.05, 4.69) is 26.0 Å². The lowest BCUT2D eigenvalue weighted by Gasteiger charge is -2.23. The lowest BCUT2D eigenvalue weighted by atomic mass is 10.2. The summed E-state index contributed by atoms with van der Waals surface area (Å²) in [6, 6.07) is 10.9. The van der Waals surface area contributed by atoms with E-state index >= 15 is 0 Å². The number of amides is 2. The Morgan fingerprint density at radius 1 is 1.18 bits per heavy atom. The van der Waals surface area contributed by atoms with Gasteiger partial charge in [-0.3, -0.25) is 0 Å². The number of nitrogens with one attached hydrogen (secondary N) is 3. The molecule has 2 aromatic heterocycles. The topological polar surface area (TPSA) is 114 Å². The molecular formula is C27H27F2N7O4. The van der Waals surface area contributed by atoms with Crippen LogP contribution in [0.15, 0.2) is 48.7 Å². The van der Waals surface area contributed by atoms with Crippen molar-refractivity contribution in [1.29, 1.82) is 0 Å². The van der Waals surface area contributed by atoms with Crippen molar-refractivity contribution in [3.05, 3.63) is 60.0 Å². The molecule has 13 heteroatoms. The summed E-state index contributed by atoms with van der Waals surface area (Å²) < 4.78 is 45.8. The third-order valence-corrected chi connectivity index (χ3v) is 6.57. The first-order valence-electron chi connectivity index (χ1n) is 12.7. The van der Waals surface area contributed by atoms with Gasteiger partial charge in [0.1, 0.15) is 48.3 Å². The molecule has 1 aliphatic heterocycles. The highest BCUT2D eigenvalue weighted by Crippen LogP contribution is 2.40. The van der Waals surface area contributed by atoms with E-state index in [0.717, 1.165) is 11.3 Å². The number of benzene rings is 2. The summed E-state index contributed by atoms with van der Waals surface area (Å²) in [5, 5.41) is 12.9. The minimum atomic E-state index is -1.04. The molecule has 6 rings (SSSR count). The van der Waals surface area contributed by atoms with Gasteiger partial charge in [-0.1, -0.05) is 12.1 Å². The van der Waals surface area contributed by atoms with Gasteiger partial charge in [0, 0.05) is 38.2 Å². The predicted octanol–water partition coefficient (Wildman–Crippen LogP) is 4.26. The van der Waals surface area contributed by atoms with Gasteiger partial charge in [-0.2, -0.15) is 9.61 Å². The SMILES string of the molecule is COc1ccc(CN(C)c2cc(Nc3cc(F)cc4c3OCCO4)nc3c(NC(=O)N[C@@H]4C[C@@H]4F)cnn23)cc1. The highest BCUT2D eigenvalue weighted by atomic mass is 19.1. The molecule has 4 aromatic rings. The highest BCUT2D eigenvalue weighted by molar-refractivity contribution is 5.94. The van der Waals surface area contributed by atoms with Crippen molar-refractivity contribution >= 4 is 34.7 Å². The number of rotatable bonds is 8. The molecule has 1 saturated carbocycles. The van der Waals surface area contributed by atoms with Crippen LogP contribution in [0.1, 0.15) is 12.0 Å². The van der Waals surface area contributed by atoms with Gasteiger partial charge in [-0.15, -0.1) is 0 Å². The van der Waals surface area contributed by atoms with Crippen LogP contribution in [-0.2, 0) is 6.54 Å². The van der Waals surface area contributed by atoms with Crippen LogP contribution in [0.2, 0.25) is 0 Å². The molecule has 0 spiro atoms. The number of anilines is 4. The van der Waals surface area contributed by atoms with E-state index in [1.807, 2.05) is 36.2 Å². The molecular weight excluding hydrogens is 524 g/mol. The average molecular weight is 552 g/mol. The van der Waals surface area contributed by atoms with Crippen LogP contribution in [0.25, 0.3) is 5.65 Å². The highest BCUT2D eigenvalue weighted by Gasteiger charge is 2.38. The number of alkyl halides is 1. The van der Waals surface area contributed by atoms with Crippen LogP contribution in [0.5, 0.6) is 17.2 Å². The Hall–Kier alpha value is -4.81. The molecule has 1 aliphatic carbocycles. The summed E-state index contributed by atoms with van der Waals surface area (Å²) in [5.41, 5.74) is 2.00. The second-order valence-electron chi connectivity index (χ2n) is 9.56. The van der Waals surface area contributed by atoms with Gasteiger partial charge in [0.25, 0.3) is 0 Å². The van der Waals surface area contributed by atoms with Crippen LogP contribution >= 0.6 is 0 Å². The zero-order valence-electron chi connectivity index (χ0n) is 21.8. The first-order chi connectivity index (χ1) is 19.4. The molecule has 2 aliphatic rings. The standard InChI is InChI=1S/C27H27F2N7O4/c1-35(14-15-3-5-17(38-2)6-4-15)24-12-23(31-20-9-16(28)10-22-25(20)40-8-7-39-22)34-26-21(13-30-36(24)26)33-27(37)32-19-11-18(19)29/h3-6,9-10,12-13,18-19H,7-8,11,14H2,1-2H3,(H,31,34)(H2,32,33,37)/t18-,19+/m0/s1. The van der Waals surface area contributed by atoms with E-state index in [-0.39, 0.29) is 0 Å². The zero-order chi connectivity index (χ0) is 27.8. The summed E-state index contributed by atoms with van der Waals surface area (Å²) in [5.74, 6) is 1.89. The first-order valence-corrected chi connectivity index (χ1v) is 12.7. The van der Waals surface area contributed by atoms with Gasteiger partial charge >= 0.3 is 6.03 Å². The Morgan fingerprint density at radius 3 is 2.70 bits per heavy atom. The smallest absolute Gasteiger partial charge is 0.319 e. The van der Waals surface area contributed by atoms with E-state index in [1.165, 1.54) is 18.3 Å². The monoisotopic (exact) mass is 551 g/mol. The molecule has 2 atom stereocenters. The number of urea groups is 1. The van der Waals surface area contributed by atoms with E-state index in [9.17, 15) is 13.6 Å². The average Bonchev–Trinajstić information content (AvgIpc) is 3.49. The number of halogens is 2. The van der Waals surface area contributed by atoms with Gasteiger partial charge in [-0.25, -0.2) is 18.6 Å². The third kappa shape index (κ3) is 5.22. The van der Waals surface area contributed by atoms with Crippen molar-refractivity contribution in [1.82, 2.24) is 19.9 Å². The molecule has 0 radical (unpaired) electrons. The molecule has 0 unspecified atom stereocenters. The largest absolute Gasteiger partial charge is 0.497 e. The van der Waals surface area contributed by atoms with Gasteiger partial charge in [0.05, 0.1) is 25.0 Å². The Morgan fingerprint density at radius 2 is 1.95 bits per heavy atom. The lowest BCUT2D eigenvalue weighted by Crippen LogP contribution is -2.31. The number of carbonyl (C=O) groups is 1. The summed E-state index contributed by atoms with van der Waals surface area (Å²) in [4.78, 5) is 19.1. The van der Waals surface area contributed by atoms with Crippen LogP contribution in [0.3, 0.4) is 0 Å². The summed E-state index contributed by atoms with van der Waals surface area (Å²) in [6.45, 7) is 1.15. The fraction of sp³-hybridized carbons (Fsp3) is 0.296. The van der Waals surface area contributed by atoms with E-state index < -0.39 is 24.1 Å². The van der Waals surface area contributed by atoms with Crippen LogP contribution < -0.4 is 35.1 Å². The molecule has 11 nitrogen and oxygen atoms in total. The maximum Gasteiger partial charge on any atom is 0.319 e. The zero-order valence-corrected chi connectivity index (χ0v) is 21.8. The normalized spacial score (nSPS) is 17.3.